The van der Waals surface area contributed by atoms with Crippen LogP contribution in [-0.2, 0) is 0 Å². The van der Waals surface area contributed by atoms with Crippen molar-refractivity contribution in [2.45, 2.75) is 46.6 Å². The first-order valence-corrected chi connectivity index (χ1v) is 3.72. The van der Waals surface area contributed by atoms with Crippen molar-refractivity contribution in [2.24, 2.45) is 5.41 Å². The number of aliphatic hydroxyl groups excluding tert-OH is 1. The third kappa shape index (κ3) is 2.35. The van der Waals surface area contributed by atoms with Crippen molar-refractivity contribution in [3.8, 4) is 0 Å². The van der Waals surface area contributed by atoms with Crippen molar-refractivity contribution < 1.29 is 5.11 Å². The minimum absolute atomic E-state index is 0.106. The second-order valence-electron chi connectivity index (χ2n) is 3.27. The normalized spacial score (nSPS) is 15.7. The van der Waals surface area contributed by atoms with E-state index in [1.165, 1.54) is 0 Å². The Bertz CT molecular complexity index is 76.6. The summed E-state index contributed by atoms with van der Waals surface area (Å²) in [6, 6.07) is 0. The molecule has 0 aromatic rings. The lowest BCUT2D eigenvalue weighted by molar-refractivity contribution is 0.0446. The predicted octanol–water partition coefficient (Wildman–Crippen LogP) is 2.19. The van der Waals surface area contributed by atoms with E-state index in [9.17, 15) is 5.11 Å². The molecule has 0 spiro atoms. The fraction of sp³-hybridized carbons (Fsp3) is 1.00. The van der Waals surface area contributed by atoms with E-state index in [1.807, 2.05) is 6.92 Å². The Kier molecular flexibility index (Phi) is 3.20. The van der Waals surface area contributed by atoms with E-state index in [2.05, 4.69) is 20.8 Å². The second kappa shape index (κ2) is 3.21. The van der Waals surface area contributed by atoms with Crippen LogP contribution < -0.4 is 0 Å². The van der Waals surface area contributed by atoms with E-state index < -0.39 is 0 Å². The molecule has 0 bridgehead atoms. The van der Waals surface area contributed by atoms with Crippen LogP contribution in [0.3, 0.4) is 0 Å². The van der Waals surface area contributed by atoms with Gasteiger partial charge in [-0.1, -0.05) is 27.7 Å². The van der Waals surface area contributed by atoms with Gasteiger partial charge in [-0.15, -0.1) is 0 Å². The highest BCUT2D eigenvalue weighted by Crippen LogP contribution is 2.26. The zero-order chi connectivity index (χ0) is 7.49. The maximum absolute atomic E-state index is 9.39. The van der Waals surface area contributed by atoms with Crippen LogP contribution in [0.5, 0.6) is 0 Å². The summed E-state index contributed by atoms with van der Waals surface area (Å²) in [5.41, 5.74) is 0.106. The maximum atomic E-state index is 9.39. The topological polar surface area (TPSA) is 20.2 Å². The zero-order valence-corrected chi connectivity index (χ0v) is 6.94. The first-order chi connectivity index (χ1) is 4.04. The van der Waals surface area contributed by atoms with Gasteiger partial charge in [-0.05, 0) is 18.3 Å². The summed E-state index contributed by atoms with van der Waals surface area (Å²) < 4.78 is 0. The number of aliphatic hydroxyl groups is 1. The molecule has 0 aliphatic carbocycles. The van der Waals surface area contributed by atoms with Gasteiger partial charge < -0.3 is 5.11 Å². The van der Waals surface area contributed by atoms with E-state index in [0.29, 0.717) is 0 Å². The van der Waals surface area contributed by atoms with Crippen molar-refractivity contribution in [3.63, 3.8) is 0 Å². The van der Waals surface area contributed by atoms with Crippen molar-refractivity contribution in [1.29, 1.82) is 0 Å². The molecule has 1 nitrogen and oxygen atoms in total. The van der Waals surface area contributed by atoms with Crippen LogP contribution in [-0.4, -0.2) is 11.2 Å². The molecule has 0 aliphatic heterocycles. The predicted molar refractivity (Wildman–Crippen MR) is 40.4 cm³/mol. The molecule has 1 N–H and O–H groups in total. The summed E-state index contributed by atoms with van der Waals surface area (Å²) in [6.07, 6.45) is 1.77. The molecule has 9 heavy (non-hydrogen) atoms. The molecular formula is C8H18O. The van der Waals surface area contributed by atoms with E-state index in [0.717, 1.165) is 12.8 Å². The summed E-state index contributed by atoms with van der Waals surface area (Å²) in [5, 5.41) is 9.39. The monoisotopic (exact) mass is 130 g/mol. The average Bonchev–Trinajstić information content (AvgIpc) is 1.86. The molecule has 1 heteroatoms. The third-order valence-corrected chi connectivity index (χ3v) is 2.20. The van der Waals surface area contributed by atoms with Crippen LogP contribution in [0.2, 0.25) is 0 Å². The molecule has 0 heterocycles. The molecule has 0 saturated carbocycles. The first kappa shape index (κ1) is 8.96. The Morgan fingerprint density at radius 3 is 1.89 bits per heavy atom. The lowest BCUT2D eigenvalue weighted by Crippen LogP contribution is -2.27. The Hall–Kier alpha value is -0.0400. The van der Waals surface area contributed by atoms with Crippen molar-refractivity contribution in [2.75, 3.05) is 0 Å². The van der Waals surface area contributed by atoms with E-state index in [-0.39, 0.29) is 11.5 Å². The minimum Gasteiger partial charge on any atom is -0.393 e. The van der Waals surface area contributed by atoms with Crippen LogP contribution >= 0.6 is 0 Å². The van der Waals surface area contributed by atoms with Gasteiger partial charge >= 0.3 is 0 Å². The van der Waals surface area contributed by atoms with Crippen LogP contribution in [0.4, 0.5) is 0 Å². The fourth-order valence-electron chi connectivity index (χ4n) is 0.788. The molecule has 0 rings (SSSR count). The van der Waals surface area contributed by atoms with Crippen LogP contribution in [0.15, 0.2) is 0 Å². The van der Waals surface area contributed by atoms with Gasteiger partial charge in [-0.25, -0.2) is 0 Å². The Balaban J connectivity index is 3.80. The quantitative estimate of drug-likeness (QED) is 0.621. The summed E-state index contributed by atoms with van der Waals surface area (Å²) in [7, 11) is 0. The largest absolute Gasteiger partial charge is 0.393 e. The van der Waals surface area contributed by atoms with Gasteiger partial charge in [0.05, 0.1) is 6.10 Å². The van der Waals surface area contributed by atoms with Crippen molar-refractivity contribution >= 4 is 0 Å². The molecular weight excluding hydrogens is 112 g/mol. The highest BCUT2D eigenvalue weighted by molar-refractivity contribution is 4.74. The van der Waals surface area contributed by atoms with Gasteiger partial charge in [-0.2, -0.15) is 0 Å². The van der Waals surface area contributed by atoms with E-state index in [1.54, 1.807) is 0 Å². The molecule has 0 amide bonds. The Morgan fingerprint density at radius 1 is 1.33 bits per heavy atom. The number of hydrogen-bond acceptors (Lipinski definition) is 1. The lowest BCUT2D eigenvalue weighted by Gasteiger charge is -2.27. The van der Waals surface area contributed by atoms with Crippen molar-refractivity contribution in [3.05, 3.63) is 0 Å². The minimum atomic E-state index is -0.137. The Morgan fingerprint density at radius 2 is 1.78 bits per heavy atom. The SMILES string of the molecule is CCC(O)C(C)(C)CC. The molecule has 0 aromatic carbocycles. The van der Waals surface area contributed by atoms with Crippen LogP contribution in [0.1, 0.15) is 40.5 Å². The Labute approximate surface area is 58.1 Å². The van der Waals surface area contributed by atoms with Gasteiger partial charge in [0.2, 0.25) is 0 Å². The molecule has 0 fully saturated rings. The molecule has 0 radical (unpaired) electrons. The second-order valence-corrected chi connectivity index (χ2v) is 3.27. The highest BCUT2D eigenvalue weighted by Gasteiger charge is 2.23. The van der Waals surface area contributed by atoms with Crippen LogP contribution in [0, 0.1) is 5.41 Å². The van der Waals surface area contributed by atoms with Crippen LogP contribution in [0.25, 0.3) is 0 Å². The summed E-state index contributed by atoms with van der Waals surface area (Å²) in [5.74, 6) is 0. The standard InChI is InChI=1S/C8H18O/c1-5-7(9)8(3,4)6-2/h7,9H,5-6H2,1-4H3. The molecule has 1 atom stereocenters. The first-order valence-electron chi connectivity index (χ1n) is 3.72. The smallest absolute Gasteiger partial charge is 0.0588 e. The number of hydrogen-bond donors (Lipinski definition) is 1. The van der Waals surface area contributed by atoms with Gasteiger partial charge in [-0.3, -0.25) is 0 Å². The van der Waals surface area contributed by atoms with Crippen molar-refractivity contribution in [1.82, 2.24) is 0 Å². The third-order valence-electron chi connectivity index (χ3n) is 2.20. The number of rotatable bonds is 3. The van der Waals surface area contributed by atoms with Gasteiger partial charge in [0.15, 0.2) is 0 Å². The van der Waals surface area contributed by atoms with E-state index in [4.69, 9.17) is 0 Å². The van der Waals surface area contributed by atoms with Gasteiger partial charge in [0, 0.05) is 0 Å². The lowest BCUT2D eigenvalue weighted by atomic mass is 9.83. The highest BCUT2D eigenvalue weighted by atomic mass is 16.3. The molecule has 0 aliphatic rings. The van der Waals surface area contributed by atoms with E-state index >= 15 is 0 Å². The molecule has 1 unspecified atom stereocenters. The molecule has 0 aromatic heterocycles. The molecule has 0 saturated heterocycles. The zero-order valence-electron chi connectivity index (χ0n) is 6.94. The van der Waals surface area contributed by atoms with Gasteiger partial charge in [0.1, 0.15) is 0 Å². The molecule has 56 valence electrons. The summed E-state index contributed by atoms with van der Waals surface area (Å²) in [4.78, 5) is 0. The summed E-state index contributed by atoms with van der Waals surface area (Å²) >= 11 is 0. The maximum Gasteiger partial charge on any atom is 0.0588 e. The van der Waals surface area contributed by atoms with Gasteiger partial charge in [0.25, 0.3) is 0 Å². The average molecular weight is 130 g/mol. The fourth-order valence-corrected chi connectivity index (χ4v) is 0.788. The summed E-state index contributed by atoms with van der Waals surface area (Å²) in [6.45, 7) is 8.32.